The summed E-state index contributed by atoms with van der Waals surface area (Å²) >= 11 is 0. The van der Waals surface area contributed by atoms with Crippen molar-refractivity contribution in [2.75, 3.05) is 13.1 Å². The zero-order valence-corrected chi connectivity index (χ0v) is 15.3. The van der Waals surface area contributed by atoms with Gasteiger partial charge in [-0.2, -0.15) is 0 Å². The Labute approximate surface area is 154 Å². The first kappa shape index (κ1) is 18.1. The number of hydrogen-bond acceptors (Lipinski definition) is 3. The van der Waals surface area contributed by atoms with Gasteiger partial charge in [0.2, 0.25) is 11.8 Å². The molecule has 0 bridgehead atoms. The summed E-state index contributed by atoms with van der Waals surface area (Å²) in [5.74, 6) is -0.220. The van der Waals surface area contributed by atoms with Gasteiger partial charge < -0.3 is 10.2 Å². The second kappa shape index (κ2) is 8.13. The predicted molar refractivity (Wildman–Crippen MR) is 100 cm³/mol. The van der Waals surface area contributed by atoms with Gasteiger partial charge in [-0.05, 0) is 17.7 Å². The van der Waals surface area contributed by atoms with E-state index >= 15 is 0 Å². The lowest BCUT2D eigenvalue weighted by molar-refractivity contribution is -0.133. The second-order valence-electron chi connectivity index (χ2n) is 7.06. The SMILES string of the molecule is CC(C)C(=O)N1C[C@H](C(=O)NCc2ccccn2)[C@@H](c2ccccc2)C1. The lowest BCUT2D eigenvalue weighted by Gasteiger charge is -2.18. The standard InChI is InChI=1S/C21H25N3O2/c1-15(2)21(26)24-13-18(16-8-4-3-5-9-16)19(14-24)20(25)23-12-17-10-6-7-11-22-17/h3-11,15,18-19H,12-14H2,1-2H3,(H,23,25)/t18-,19+/m1/s1. The minimum Gasteiger partial charge on any atom is -0.350 e. The van der Waals surface area contributed by atoms with Crippen LogP contribution in [-0.4, -0.2) is 34.8 Å². The molecule has 1 N–H and O–H groups in total. The Morgan fingerprint density at radius 3 is 2.50 bits per heavy atom. The van der Waals surface area contributed by atoms with Crippen LogP contribution in [0, 0.1) is 11.8 Å². The number of pyridine rings is 1. The van der Waals surface area contributed by atoms with Crippen LogP contribution in [0.5, 0.6) is 0 Å². The van der Waals surface area contributed by atoms with Gasteiger partial charge in [-0.1, -0.05) is 50.2 Å². The zero-order chi connectivity index (χ0) is 18.5. The maximum absolute atomic E-state index is 12.9. The van der Waals surface area contributed by atoms with Gasteiger partial charge >= 0.3 is 0 Å². The molecule has 1 aromatic carbocycles. The quantitative estimate of drug-likeness (QED) is 0.901. The summed E-state index contributed by atoms with van der Waals surface area (Å²) in [5, 5.41) is 2.99. The van der Waals surface area contributed by atoms with Crippen molar-refractivity contribution in [3.05, 3.63) is 66.0 Å². The van der Waals surface area contributed by atoms with Crippen LogP contribution >= 0.6 is 0 Å². The molecule has 3 rings (SSSR count). The molecule has 2 heterocycles. The number of aromatic nitrogens is 1. The van der Waals surface area contributed by atoms with Crippen molar-refractivity contribution in [2.24, 2.45) is 11.8 Å². The molecule has 1 saturated heterocycles. The summed E-state index contributed by atoms with van der Waals surface area (Å²) in [6.07, 6.45) is 1.72. The summed E-state index contributed by atoms with van der Waals surface area (Å²) in [4.78, 5) is 31.4. The van der Waals surface area contributed by atoms with E-state index in [1.54, 1.807) is 6.20 Å². The molecule has 5 nitrogen and oxygen atoms in total. The number of carbonyl (C=O) groups is 2. The largest absolute Gasteiger partial charge is 0.350 e. The molecule has 0 aliphatic carbocycles. The Balaban J connectivity index is 1.75. The fraction of sp³-hybridized carbons (Fsp3) is 0.381. The Bertz CT molecular complexity index is 746. The van der Waals surface area contributed by atoms with E-state index in [1.165, 1.54) is 0 Å². The van der Waals surface area contributed by atoms with Crippen molar-refractivity contribution >= 4 is 11.8 Å². The van der Waals surface area contributed by atoms with Crippen LogP contribution in [0.1, 0.15) is 31.0 Å². The maximum Gasteiger partial charge on any atom is 0.225 e. The Hall–Kier alpha value is -2.69. The number of rotatable bonds is 5. The van der Waals surface area contributed by atoms with Crippen molar-refractivity contribution in [3.8, 4) is 0 Å². The monoisotopic (exact) mass is 351 g/mol. The zero-order valence-electron chi connectivity index (χ0n) is 15.3. The fourth-order valence-electron chi connectivity index (χ4n) is 3.46. The molecule has 1 aliphatic rings. The highest BCUT2D eigenvalue weighted by Gasteiger charge is 2.40. The van der Waals surface area contributed by atoms with Crippen molar-refractivity contribution in [3.63, 3.8) is 0 Å². The Kier molecular flexibility index (Phi) is 5.66. The summed E-state index contributed by atoms with van der Waals surface area (Å²) in [7, 11) is 0. The number of nitrogens with one attached hydrogen (secondary N) is 1. The Morgan fingerprint density at radius 1 is 1.12 bits per heavy atom. The van der Waals surface area contributed by atoms with Crippen LogP contribution in [0.15, 0.2) is 54.7 Å². The highest BCUT2D eigenvalue weighted by molar-refractivity contribution is 5.84. The van der Waals surface area contributed by atoms with Crippen molar-refractivity contribution in [2.45, 2.75) is 26.3 Å². The molecule has 26 heavy (non-hydrogen) atoms. The van der Waals surface area contributed by atoms with Gasteiger partial charge in [0.25, 0.3) is 0 Å². The number of likely N-dealkylation sites (tertiary alicyclic amines) is 1. The van der Waals surface area contributed by atoms with Crippen LogP contribution in [0.3, 0.4) is 0 Å². The number of carbonyl (C=O) groups excluding carboxylic acids is 2. The molecule has 2 aromatic rings. The molecule has 0 saturated carbocycles. The summed E-state index contributed by atoms with van der Waals surface area (Å²) in [6, 6.07) is 15.6. The van der Waals surface area contributed by atoms with Crippen LogP contribution in [0.2, 0.25) is 0 Å². The van der Waals surface area contributed by atoms with Gasteiger partial charge in [-0.25, -0.2) is 0 Å². The fourth-order valence-corrected chi connectivity index (χ4v) is 3.46. The smallest absolute Gasteiger partial charge is 0.225 e. The third kappa shape index (κ3) is 4.10. The van der Waals surface area contributed by atoms with Crippen molar-refractivity contribution < 1.29 is 9.59 Å². The van der Waals surface area contributed by atoms with Gasteiger partial charge in [0.05, 0.1) is 18.2 Å². The molecular weight excluding hydrogens is 326 g/mol. The van der Waals surface area contributed by atoms with Crippen LogP contribution < -0.4 is 5.32 Å². The molecule has 5 heteroatoms. The molecule has 1 aromatic heterocycles. The molecular formula is C21H25N3O2. The van der Waals surface area contributed by atoms with E-state index in [0.717, 1.165) is 11.3 Å². The number of hydrogen-bond donors (Lipinski definition) is 1. The summed E-state index contributed by atoms with van der Waals surface area (Å²) in [5.41, 5.74) is 1.93. The average Bonchev–Trinajstić information content (AvgIpc) is 3.12. The van der Waals surface area contributed by atoms with Gasteiger partial charge in [0, 0.05) is 31.1 Å². The second-order valence-corrected chi connectivity index (χ2v) is 7.06. The first-order chi connectivity index (χ1) is 12.6. The van der Waals surface area contributed by atoms with E-state index in [1.807, 2.05) is 67.3 Å². The lowest BCUT2D eigenvalue weighted by Crippen LogP contribution is -2.36. The Morgan fingerprint density at radius 2 is 1.85 bits per heavy atom. The van der Waals surface area contributed by atoms with Gasteiger partial charge in [-0.15, -0.1) is 0 Å². The van der Waals surface area contributed by atoms with Crippen LogP contribution in [-0.2, 0) is 16.1 Å². The van der Waals surface area contributed by atoms with Gasteiger partial charge in [0.1, 0.15) is 0 Å². The third-order valence-corrected chi connectivity index (χ3v) is 4.86. The van der Waals surface area contributed by atoms with E-state index in [9.17, 15) is 9.59 Å². The molecule has 2 amide bonds. The lowest BCUT2D eigenvalue weighted by atomic mass is 9.88. The predicted octanol–water partition coefficient (Wildman–Crippen LogP) is 2.60. The van der Waals surface area contributed by atoms with Crippen LogP contribution in [0.4, 0.5) is 0 Å². The first-order valence-corrected chi connectivity index (χ1v) is 9.07. The minimum atomic E-state index is -0.246. The number of amides is 2. The number of benzene rings is 1. The molecule has 0 spiro atoms. The average molecular weight is 351 g/mol. The highest BCUT2D eigenvalue weighted by atomic mass is 16.2. The normalized spacial score (nSPS) is 19.6. The van der Waals surface area contributed by atoms with E-state index in [4.69, 9.17) is 0 Å². The molecule has 1 aliphatic heterocycles. The summed E-state index contributed by atoms with van der Waals surface area (Å²) < 4.78 is 0. The van der Waals surface area contributed by atoms with Crippen LogP contribution in [0.25, 0.3) is 0 Å². The van der Waals surface area contributed by atoms with E-state index in [0.29, 0.717) is 19.6 Å². The topological polar surface area (TPSA) is 62.3 Å². The van der Waals surface area contributed by atoms with E-state index in [-0.39, 0.29) is 29.6 Å². The van der Waals surface area contributed by atoms with E-state index < -0.39 is 0 Å². The number of nitrogens with zero attached hydrogens (tertiary/aromatic N) is 2. The first-order valence-electron chi connectivity index (χ1n) is 9.07. The minimum absolute atomic E-state index is 0.0163. The molecule has 0 radical (unpaired) electrons. The maximum atomic E-state index is 12.9. The molecule has 0 unspecified atom stereocenters. The van der Waals surface area contributed by atoms with Gasteiger partial charge in [0.15, 0.2) is 0 Å². The third-order valence-electron chi connectivity index (χ3n) is 4.86. The van der Waals surface area contributed by atoms with Crippen molar-refractivity contribution in [1.82, 2.24) is 15.2 Å². The highest BCUT2D eigenvalue weighted by Crippen LogP contribution is 2.33. The molecule has 2 atom stereocenters. The van der Waals surface area contributed by atoms with Crippen molar-refractivity contribution in [1.29, 1.82) is 0 Å². The van der Waals surface area contributed by atoms with E-state index in [2.05, 4.69) is 10.3 Å². The van der Waals surface area contributed by atoms with Gasteiger partial charge in [-0.3, -0.25) is 14.6 Å². The molecule has 1 fully saturated rings. The summed E-state index contributed by atoms with van der Waals surface area (Å²) in [6.45, 7) is 5.24. The molecule has 136 valence electrons.